The predicted octanol–water partition coefficient (Wildman–Crippen LogP) is 1.35. The van der Waals surface area contributed by atoms with Gasteiger partial charge in [-0.2, -0.15) is 4.68 Å². The smallest absolute Gasteiger partial charge is 0.350 e. The van der Waals surface area contributed by atoms with Crippen LogP contribution < -0.4 is 26.7 Å². The molecule has 8 nitrogen and oxygen atoms in total. The van der Waals surface area contributed by atoms with Crippen molar-refractivity contribution in [3.8, 4) is 5.75 Å². The first kappa shape index (κ1) is 19.8. The molecule has 1 aromatic carbocycles. The van der Waals surface area contributed by atoms with Crippen molar-refractivity contribution >= 4 is 16.6 Å². The second kappa shape index (κ2) is 6.76. The lowest BCUT2D eigenvalue weighted by Gasteiger charge is -2.30. The number of benzene rings is 1. The fraction of sp³-hybridized carbons (Fsp3) is 0.600. The summed E-state index contributed by atoms with van der Waals surface area (Å²) in [5.74, 6) is 5.21. The van der Waals surface area contributed by atoms with Crippen molar-refractivity contribution < 1.29 is 14.2 Å². The Labute approximate surface area is 167 Å². The fourth-order valence-corrected chi connectivity index (χ4v) is 4.36. The Hall–Kier alpha value is -2.55. The van der Waals surface area contributed by atoms with Crippen molar-refractivity contribution in [2.24, 2.45) is 5.92 Å². The Bertz CT molecular complexity index is 1090. The number of hydrogen-bond acceptors (Lipinski definition) is 6. The molecule has 0 bridgehead atoms. The van der Waals surface area contributed by atoms with E-state index in [-0.39, 0.29) is 34.3 Å². The second-order valence-electron chi connectivity index (χ2n) is 8.34. The molecule has 4 rings (SSSR count). The summed E-state index contributed by atoms with van der Waals surface area (Å²) < 4.78 is 22.8. The van der Waals surface area contributed by atoms with Crippen LogP contribution in [0.25, 0.3) is 10.9 Å². The zero-order valence-corrected chi connectivity index (χ0v) is 16.9. The highest BCUT2D eigenvalue weighted by Crippen LogP contribution is 2.44. The molecule has 1 saturated carbocycles. The van der Waals surface area contributed by atoms with E-state index in [9.17, 15) is 14.7 Å². The maximum absolute atomic E-state index is 15.2. The third kappa shape index (κ3) is 2.99. The van der Waals surface area contributed by atoms with Crippen molar-refractivity contribution in [3.05, 3.63) is 32.7 Å². The van der Waals surface area contributed by atoms with Gasteiger partial charge in [0.1, 0.15) is 11.2 Å². The van der Waals surface area contributed by atoms with Crippen molar-refractivity contribution in [3.63, 3.8) is 0 Å². The van der Waals surface area contributed by atoms with Gasteiger partial charge in [0.25, 0.3) is 5.56 Å². The first-order valence-corrected chi connectivity index (χ1v) is 10.0. The van der Waals surface area contributed by atoms with E-state index < -0.39 is 22.7 Å². The fourth-order valence-electron chi connectivity index (χ4n) is 4.36. The van der Waals surface area contributed by atoms with Gasteiger partial charge in [0, 0.05) is 25.0 Å². The van der Waals surface area contributed by atoms with E-state index in [4.69, 9.17) is 10.6 Å². The molecule has 0 radical (unpaired) electrons. The minimum Gasteiger partial charge on any atom is -0.492 e. The van der Waals surface area contributed by atoms with Gasteiger partial charge < -0.3 is 20.6 Å². The van der Waals surface area contributed by atoms with Gasteiger partial charge >= 0.3 is 5.69 Å². The highest BCUT2D eigenvalue weighted by molar-refractivity contribution is 5.91. The Morgan fingerprint density at radius 1 is 1.34 bits per heavy atom. The van der Waals surface area contributed by atoms with Crippen LogP contribution in [-0.2, 0) is 0 Å². The van der Waals surface area contributed by atoms with E-state index in [1.165, 1.54) is 11.7 Å². The summed E-state index contributed by atoms with van der Waals surface area (Å²) in [6, 6.07) is 1.06. The van der Waals surface area contributed by atoms with Crippen LogP contribution in [0.1, 0.15) is 45.6 Å². The lowest BCUT2D eigenvalue weighted by Crippen LogP contribution is -2.44. The largest absolute Gasteiger partial charge is 0.492 e. The number of aromatic nitrogens is 2. The highest BCUT2D eigenvalue weighted by Gasteiger charge is 2.38. The first-order chi connectivity index (χ1) is 13.7. The SMILES string of the molecule is CCC(C)(O)C1CCN(c2c(F)cc3c(=O)n(N)c(=O)n(C4CC4)c3c2OC)C1. The number of anilines is 1. The summed E-state index contributed by atoms with van der Waals surface area (Å²) in [5, 5.41) is 10.7. The number of methoxy groups -OCH3 is 1. The Morgan fingerprint density at radius 3 is 2.62 bits per heavy atom. The van der Waals surface area contributed by atoms with Crippen molar-refractivity contribution in [2.75, 3.05) is 30.9 Å². The number of ether oxygens (including phenoxy) is 1. The number of nitrogens with zero attached hydrogens (tertiary/aromatic N) is 3. The molecule has 9 heteroatoms. The van der Waals surface area contributed by atoms with Crippen LogP contribution in [0.3, 0.4) is 0 Å². The van der Waals surface area contributed by atoms with E-state index in [1.54, 1.807) is 6.92 Å². The Morgan fingerprint density at radius 2 is 2.03 bits per heavy atom. The number of rotatable bonds is 5. The van der Waals surface area contributed by atoms with E-state index in [0.717, 1.165) is 18.9 Å². The minimum atomic E-state index is -0.849. The number of nitrogen functional groups attached to an aromatic ring is 1. The van der Waals surface area contributed by atoms with Crippen LogP contribution in [-0.4, -0.2) is 40.2 Å². The molecule has 0 amide bonds. The van der Waals surface area contributed by atoms with Gasteiger partial charge in [-0.3, -0.25) is 9.36 Å². The zero-order chi connectivity index (χ0) is 21.1. The van der Waals surface area contributed by atoms with Crippen LogP contribution in [0, 0.1) is 11.7 Å². The maximum atomic E-state index is 15.2. The van der Waals surface area contributed by atoms with E-state index >= 15 is 4.39 Å². The van der Waals surface area contributed by atoms with Crippen LogP contribution in [0.15, 0.2) is 15.7 Å². The first-order valence-electron chi connectivity index (χ1n) is 10.0. The second-order valence-corrected chi connectivity index (χ2v) is 8.34. The summed E-state index contributed by atoms with van der Waals surface area (Å²) in [6.07, 6.45) is 2.88. The third-order valence-electron chi connectivity index (χ3n) is 6.50. The highest BCUT2D eigenvalue weighted by atomic mass is 19.1. The zero-order valence-electron chi connectivity index (χ0n) is 16.9. The van der Waals surface area contributed by atoms with Gasteiger partial charge in [-0.15, -0.1) is 0 Å². The quantitative estimate of drug-likeness (QED) is 0.727. The third-order valence-corrected chi connectivity index (χ3v) is 6.50. The molecular weight excluding hydrogens is 379 g/mol. The molecule has 29 heavy (non-hydrogen) atoms. The number of hydrogen-bond donors (Lipinski definition) is 2. The summed E-state index contributed by atoms with van der Waals surface area (Å²) in [4.78, 5) is 27.1. The maximum Gasteiger partial charge on any atom is 0.350 e. The van der Waals surface area contributed by atoms with Crippen molar-refractivity contribution in [1.29, 1.82) is 0 Å². The van der Waals surface area contributed by atoms with Gasteiger partial charge in [-0.1, -0.05) is 6.92 Å². The molecule has 2 atom stereocenters. The summed E-state index contributed by atoms with van der Waals surface area (Å²) in [6.45, 7) is 4.72. The predicted molar refractivity (Wildman–Crippen MR) is 109 cm³/mol. The summed E-state index contributed by atoms with van der Waals surface area (Å²) in [7, 11) is 1.41. The van der Waals surface area contributed by atoms with Gasteiger partial charge in [-0.05, 0) is 38.7 Å². The average molecular weight is 406 g/mol. The Balaban J connectivity index is 1.94. The molecule has 2 fully saturated rings. The number of fused-ring (bicyclic) bond motifs is 1. The van der Waals surface area contributed by atoms with Gasteiger partial charge in [0.15, 0.2) is 11.6 Å². The molecule has 2 aliphatic rings. The molecular formula is C20H27FN4O4. The summed E-state index contributed by atoms with van der Waals surface area (Å²) >= 11 is 0. The molecule has 3 N–H and O–H groups in total. The lowest BCUT2D eigenvalue weighted by molar-refractivity contribution is 0.00400. The summed E-state index contributed by atoms with van der Waals surface area (Å²) in [5.41, 5.74) is -1.72. The molecule has 1 aliphatic heterocycles. The number of aliphatic hydroxyl groups is 1. The molecule has 1 aliphatic carbocycles. The number of halogens is 1. The van der Waals surface area contributed by atoms with Crippen LogP contribution >= 0.6 is 0 Å². The van der Waals surface area contributed by atoms with E-state index in [0.29, 0.717) is 30.6 Å². The molecule has 1 aromatic heterocycles. The monoisotopic (exact) mass is 406 g/mol. The van der Waals surface area contributed by atoms with E-state index in [1.807, 2.05) is 11.8 Å². The molecule has 2 aromatic rings. The minimum absolute atomic E-state index is 0.0185. The van der Waals surface area contributed by atoms with Crippen LogP contribution in [0.5, 0.6) is 5.75 Å². The lowest BCUT2D eigenvalue weighted by atomic mass is 9.86. The van der Waals surface area contributed by atoms with Gasteiger partial charge in [0.2, 0.25) is 0 Å². The van der Waals surface area contributed by atoms with Gasteiger partial charge in [-0.25, -0.2) is 9.18 Å². The van der Waals surface area contributed by atoms with Crippen LogP contribution in [0.2, 0.25) is 0 Å². The normalized spacial score (nSPS) is 21.6. The van der Waals surface area contributed by atoms with Crippen molar-refractivity contribution in [1.82, 2.24) is 9.24 Å². The molecule has 2 unspecified atom stereocenters. The van der Waals surface area contributed by atoms with Gasteiger partial charge in [0.05, 0.1) is 18.1 Å². The molecule has 158 valence electrons. The molecule has 2 heterocycles. The molecule has 1 saturated heterocycles. The topological polar surface area (TPSA) is 103 Å². The van der Waals surface area contributed by atoms with Crippen molar-refractivity contribution in [2.45, 2.75) is 51.2 Å². The molecule has 0 spiro atoms. The Kier molecular flexibility index (Phi) is 4.60. The van der Waals surface area contributed by atoms with Crippen LogP contribution in [0.4, 0.5) is 10.1 Å². The number of nitrogens with two attached hydrogens (primary N) is 1. The standard InChI is InChI=1S/C20H27FN4O4/c1-4-20(2,28)11-7-8-23(10-11)16-14(21)9-13-15(17(16)29-3)24(12-5-6-12)19(27)25(22)18(13)26/h9,11-12,28H,4-8,10,22H2,1-3H3. The average Bonchev–Trinajstić information content (AvgIpc) is 3.41. The van der Waals surface area contributed by atoms with E-state index in [2.05, 4.69) is 0 Å².